The maximum Gasteiger partial charge on any atom is 0.269 e. The van der Waals surface area contributed by atoms with Crippen LogP contribution in [0.25, 0.3) is 34.2 Å². The highest BCUT2D eigenvalue weighted by Gasteiger charge is 2.18. The van der Waals surface area contributed by atoms with Crippen LogP contribution in [0.3, 0.4) is 0 Å². The number of benzene rings is 2. The standard InChI is InChI=1S/C19H12N6O4/c26-24(27)14-6-2-12(3-7-14)16-17(13-4-8-15(9-5-13)25(28)29)23-19(22-16)18-20-10-1-11-21-18/h1-11H,(H,22,23). The fourth-order valence-electron chi connectivity index (χ4n) is 2.81. The molecule has 0 amide bonds. The number of aromatic amines is 1. The summed E-state index contributed by atoms with van der Waals surface area (Å²) in [6.07, 6.45) is 3.17. The molecule has 0 saturated heterocycles. The van der Waals surface area contributed by atoms with Crippen LogP contribution in [0.5, 0.6) is 0 Å². The largest absolute Gasteiger partial charge is 0.335 e. The smallest absolute Gasteiger partial charge is 0.269 e. The first-order valence-corrected chi connectivity index (χ1v) is 8.40. The number of nitro benzene ring substituents is 2. The molecule has 4 aromatic rings. The fourth-order valence-corrected chi connectivity index (χ4v) is 2.81. The number of imidazole rings is 1. The third-order valence-electron chi connectivity index (χ3n) is 4.20. The summed E-state index contributed by atoms with van der Waals surface area (Å²) in [5, 5.41) is 21.9. The summed E-state index contributed by atoms with van der Waals surface area (Å²) in [7, 11) is 0. The van der Waals surface area contributed by atoms with E-state index in [0.29, 0.717) is 34.2 Å². The Hall–Kier alpha value is -4.47. The van der Waals surface area contributed by atoms with Crippen molar-refractivity contribution in [2.45, 2.75) is 0 Å². The minimum Gasteiger partial charge on any atom is -0.335 e. The Balaban J connectivity index is 1.85. The molecule has 0 spiro atoms. The number of aromatic nitrogens is 4. The van der Waals surface area contributed by atoms with Crippen LogP contribution in [0.2, 0.25) is 0 Å². The highest BCUT2D eigenvalue weighted by atomic mass is 16.6. The molecule has 2 aromatic carbocycles. The SMILES string of the molecule is O=[N+]([O-])c1ccc(-c2nc(-c3ncccn3)[nH]c2-c2ccc([N+](=O)[O-])cc2)cc1. The zero-order valence-corrected chi connectivity index (χ0v) is 14.7. The average Bonchev–Trinajstić information content (AvgIpc) is 3.20. The molecule has 0 aliphatic rings. The lowest BCUT2D eigenvalue weighted by Crippen LogP contribution is -1.89. The predicted molar refractivity (Wildman–Crippen MR) is 104 cm³/mol. The third kappa shape index (κ3) is 3.54. The summed E-state index contributed by atoms with van der Waals surface area (Å²) < 4.78 is 0. The normalized spacial score (nSPS) is 10.6. The number of nitro groups is 2. The second-order valence-corrected chi connectivity index (χ2v) is 5.99. The lowest BCUT2D eigenvalue weighted by molar-refractivity contribution is -0.385. The van der Waals surface area contributed by atoms with E-state index in [0.717, 1.165) is 0 Å². The molecule has 0 unspecified atom stereocenters. The van der Waals surface area contributed by atoms with Gasteiger partial charge in [0.15, 0.2) is 11.6 Å². The Morgan fingerprint density at radius 2 is 1.28 bits per heavy atom. The highest BCUT2D eigenvalue weighted by Crippen LogP contribution is 2.33. The van der Waals surface area contributed by atoms with E-state index in [1.807, 2.05) is 0 Å². The highest BCUT2D eigenvalue weighted by molar-refractivity contribution is 5.81. The summed E-state index contributed by atoms with van der Waals surface area (Å²) in [5.41, 5.74) is 2.36. The van der Waals surface area contributed by atoms with E-state index in [4.69, 9.17) is 0 Å². The van der Waals surface area contributed by atoms with Crippen molar-refractivity contribution in [3.63, 3.8) is 0 Å². The van der Waals surface area contributed by atoms with E-state index in [1.165, 1.54) is 24.3 Å². The minimum absolute atomic E-state index is 0.0308. The van der Waals surface area contributed by atoms with Crippen LogP contribution >= 0.6 is 0 Å². The molecular weight excluding hydrogens is 376 g/mol. The van der Waals surface area contributed by atoms with Gasteiger partial charge in [-0.1, -0.05) is 0 Å². The molecule has 0 aliphatic carbocycles. The summed E-state index contributed by atoms with van der Waals surface area (Å²) in [5.74, 6) is 0.788. The van der Waals surface area contributed by atoms with Gasteiger partial charge < -0.3 is 4.98 Å². The summed E-state index contributed by atoms with van der Waals surface area (Å²) >= 11 is 0. The van der Waals surface area contributed by atoms with Gasteiger partial charge >= 0.3 is 0 Å². The molecule has 1 N–H and O–H groups in total. The quantitative estimate of drug-likeness (QED) is 0.402. The Labute approximate surface area is 163 Å². The number of nitrogens with zero attached hydrogens (tertiary/aromatic N) is 5. The molecular formula is C19H12N6O4. The van der Waals surface area contributed by atoms with E-state index < -0.39 is 9.85 Å². The molecule has 2 aromatic heterocycles. The Bertz CT molecular complexity index is 1110. The van der Waals surface area contributed by atoms with Gasteiger partial charge in [-0.25, -0.2) is 15.0 Å². The second-order valence-electron chi connectivity index (χ2n) is 5.99. The van der Waals surface area contributed by atoms with Gasteiger partial charge in [-0.3, -0.25) is 20.2 Å². The van der Waals surface area contributed by atoms with E-state index in [9.17, 15) is 20.2 Å². The number of non-ortho nitro benzene ring substituents is 2. The van der Waals surface area contributed by atoms with Crippen LogP contribution in [-0.4, -0.2) is 29.8 Å². The Kier molecular flexibility index (Phi) is 4.49. The molecule has 0 atom stereocenters. The number of hydrogen-bond acceptors (Lipinski definition) is 7. The molecule has 2 heterocycles. The first kappa shape index (κ1) is 17.9. The van der Waals surface area contributed by atoms with Gasteiger partial charge in [-0.2, -0.15) is 0 Å². The number of nitrogens with one attached hydrogen (secondary N) is 1. The molecule has 0 fully saturated rings. The van der Waals surface area contributed by atoms with Gasteiger partial charge in [0.25, 0.3) is 11.4 Å². The zero-order valence-electron chi connectivity index (χ0n) is 14.7. The van der Waals surface area contributed by atoms with Crippen molar-refractivity contribution in [1.82, 2.24) is 19.9 Å². The monoisotopic (exact) mass is 388 g/mol. The molecule has 0 radical (unpaired) electrons. The number of H-pyrrole nitrogens is 1. The lowest BCUT2D eigenvalue weighted by atomic mass is 10.0. The molecule has 142 valence electrons. The van der Waals surface area contributed by atoms with E-state index in [2.05, 4.69) is 19.9 Å². The maximum atomic E-state index is 10.9. The van der Waals surface area contributed by atoms with Gasteiger partial charge in [-0.15, -0.1) is 0 Å². The van der Waals surface area contributed by atoms with Gasteiger partial charge in [0.05, 0.1) is 21.2 Å². The Morgan fingerprint density at radius 1 is 0.759 bits per heavy atom. The molecule has 0 aliphatic heterocycles. The van der Waals surface area contributed by atoms with Gasteiger partial charge in [0, 0.05) is 47.8 Å². The van der Waals surface area contributed by atoms with Crippen LogP contribution in [0, 0.1) is 20.2 Å². The van der Waals surface area contributed by atoms with Crippen molar-refractivity contribution in [2.75, 3.05) is 0 Å². The lowest BCUT2D eigenvalue weighted by Gasteiger charge is -2.03. The van der Waals surface area contributed by atoms with Crippen LogP contribution in [0.15, 0.2) is 67.0 Å². The first-order valence-electron chi connectivity index (χ1n) is 8.40. The molecule has 29 heavy (non-hydrogen) atoms. The zero-order chi connectivity index (χ0) is 20.4. The van der Waals surface area contributed by atoms with Crippen LogP contribution in [0.4, 0.5) is 11.4 Å². The van der Waals surface area contributed by atoms with Gasteiger partial charge in [-0.05, 0) is 30.3 Å². The van der Waals surface area contributed by atoms with E-state index in [1.54, 1.807) is 42.7 Å². The Morgan fingerprint density at radius 3 is 1.79 bits per heavy atom. The summed E-state index contributed by atoms with van der Waals surface area (Å²) in [6, 6.07) is 13.7. The molecule has 10 heteroatoms. The summed E-state index contributed by atoms with van der Waals surface area (Å²) in [4.78, 5) is 37.0. The topological polar surface area (TPSA) is 141 Å². The van der Waals surface area contributed by atoms with Crippen LogP contribution in [0.1, 0.15) is 0 Å². The average molecular weight is 388 g/mol. The molecule has 10 nitrogen and oxygen atoms in total. The van der Waals surface area contributed by atoms with Crippen molar-refractivity contribution in [3.05, 3.63) is 87.2 Å². The summed E-state index contributed by atoms with van der Waals surface area (Å²) in [6.45, 7) is 0. The van der Waals surface area contributed by atoms with Crippen LogP contribution in [-0.2, 0) is 0 Å². The van der Waals surface area contributed by atoms with Crippen molar-refractivity contribution in [2.24, 2.45) is 0 Å². The second kappa shape index (κ2) is 7.27. The maximum absolute atomic E-state index is 10.9. The van der Waals surface area contributed by atoms with E-state index in [-0.39, 0.29) is 11.4 Å². The first-order chi connectivity index (χ1) is 14.0. The molecule has 0 saturated carbocycles. The van der Waals surface area contributed by atoms with Crippen molar-refractivity contribution >= 4 is 11.4 Å². The van der Waals surface area contributed by atoms with Crippen molar-refractivity contribution in [1.29, 1.82) is 0 Å². The predicted octanol–water partition coefficient (Wildman–Crippen LogP) is 4.02. The fraction of sp³-hybridized carbons (Fsp3) is 0. The molecule has 0 bridgehead atoms. The van der Waals surface area contributed by atoms with E-state index >= 15 is 0 Å². The minimum atomic E-state index is -0.477. The van der Waals surface area contributed by atoms with Gasteiger partial charge in [0.2, 0.25) is 0 Å². The van der Waals surface area contributed by atoms with Crippen LogP contribution < -0.4 is 0 Å². The third-order valence-corrected chi connectivity index (χ3v) is 4.20. The number of rotatable bonds is 5. The van der Waals surface area contributed by atoms with Gasteiger partial charge in [0.1, 0.15) is 0 Å². The molecule has 4 rings (SSSR count). The van der Waals surface area contributed by atoms with Crippen molar-refractivity contribution < 1.29 is 9.85 Å². The van der Waals surface area contributed by atoms with Crippen molar-refractivity contribution in [3.8, 4) is 34.2 Å². The number of hydrogen-bond donors (Lipinski definition) is 1.